The zero-order chi connectivity index (χ0) is 10.8. The second-order valence-corrected chi connectivity index (χ2v) is 5.65. The first-order chi connectivity index (χ1) is 6.42. The van der Waals surface area contributed by atoms with Gasteiger partial charge in [0.15, 0.2) is 0 Å². The molecule has 0 aromatic heterocycles. The molecule has 0 unspecified atom stereocenters. The van der Waals surface area contributed by atoms with E-state index in [0.29, 0.717) is 5.02 Å². The highest BCUT2D eigenvalue weighted by Crippen LogP contribution is 2.19. The molecule has 2 nitrogen and oxygen atoms in total. The fraction of sp³-hybridized carbons (Fsp3) is 0. The minimum absolute atomic E-state index is 0.0979. The Kier molecular flexibility index (Phi) is 3.84. The Bertz CT molecular complexity index is 444. The Morgan fingerprint density at radius 2 is 1.64 bits per heavy atom. The van der Waals surface area contributed by atoms with Gasteiger partial charge in [0.1, 0.15) is 4.49 Å². The summed E-state index contributed by atoms with van der Waals surface area (Å²) in [4.78, 5) is 0.0979. The van der Waals surface area contributed by atoms with Crippen molar-refractivity contribution in [3.8, 4) is 0 Å². The van der Waals surface area contributed by atoms with Gasteiger partial charge in [-0.3, -0.25) is 0 Å². The minimum atomic E-state index is -3.56. The molecule has 0 aliphatic carbocycles. The van der Waals surface area contributed by atoms with E-state index in [1.165, 1.54) is 24.3 Å². The molecule has 1 aromatic rings. The molecule has 0 heterocycles. The van der Waals surface area contributed by atoms with E-state index in [1.807, 2.05) is 0 Å². The van der Waals surface area contributed by atoms with Crippen LogP contribution in [0.2, 0.25) is 5.02 Å². The lowest BCUT2D eigenvalue weighted by atomic mass is 10.4. The number of benzene rings is 1. The Morgan fingerprint density at radius 3 is 2.07 bits per heavy atom. The van der Waals surface area contributed by atoms with Gasteiger partial charge in [-0.05, 0) is 24.3 Å². The van der Waals surface area contributed by atoms with Crippen molar-refractivity contribution in [2.75, 3.05) is 0 Å². The van der Waals surface area contributed by atoms with Gasteiger partial charge in [0.05, 0.1) is 10.3 Å². The van der Waals surface area contributed by atoms with Crippen molar-refractivity contribution in [3.63, 3.8) is 0 Å². The SMILES string of the molecule is O=S(=O)(C=C(Cl)Cl)c1ccc(Cl)cc1. The average molecular weight is 272 g/mol. The standard InChI is InChI=1S/C8H5Cl3O2S/c9-6-1-3-7(4-2-6)14(12,13)5-8(10)11/h1-5H. The van der Waals surface area contributed by atoms with Crippen molar-refractivity contribution < 1.29 is 8.42 Å². The van der Waals surface area contributed by atoms with Gasteiger partial charge in [0.2, 0.25) is 9.84 Å². The summed E-state index contributed by atoms with van der Waals surface area (Å²) in [5.41, 5.74) is 0. The Labute approximate surface area is 97.0 Å². The topological polar surface area (TPSA) is 34.1 Å². The van der Waals surface area contributed by atoms with Crippen LogP contribution in [0.1, 0.15) is 0 Å². The molecule has 0 saturated carbocycles. The summed E-state index contributed by atoms with van der Waals surface area (Å²) in [6, 6.07) is 5.71. The Morgan fingerprint density at radius 1 is 1.14 bits per heavy atom. The van der Waals surface area contributed by atoms with Crippen LogP contribution in [0.4, 0.5) is 0 Å². The molecule has 0 aliphatic heterocycles. The lowest BCUT2D eigenvalue weighted by molar-refractivity contribution is 0.604. The second kappa shape index (κ2) is 4.53. The van der Waals surface area contributed by atoms with Gasteiger partial charge in [-0.25, -0.2) is 8.42 Å². The van der Waals surface area contributed by atoms with Gasteiger partial charge in [-0.15, -0.1) is 0 Å². The van der Waals surface area contributed by atoms with Crippen LogP contribution in [0.25, 0.3) is 0 Å². The minimum Gasteiger partial charge on any atom is -0.219 e. The van der Waals surface area contributed by atoms with E-state index in [2.05, 4.69) is 0 Å². The monoisotopic (exact) mass is 270 g/mol. The quantitative estimate of drug-likeness (QED) is 0.826. The van der Waals surface area contributed by atoms with Crippen LogP contribution in [0.5, 0.6) is 0 Å². The first-order valence-corrected chi connectivity index (χ1v) is 6.13. The second-order valence-electron chi connectivity index (χ2n) is 2.41. The summed E-state index contributed by atoms with van der Waals surface area (Å²) in [7, 11) is -3.56. The molecule has 0 spiro atoms. The average Bonchev–Trinajstić information content (AvgIpc) is 2.02. The number of hydrogen-bond acceptors (Lipinski definition) is 2. The molecular weight excluding hydrogens is 267 g/mol. The maximum absolute atomic E-state index is 11.5. The number of halogens is 3. The van der Waals surface area contributed by atoms with Crippen molar-refractivity contribution in [1.29, 1.82) is 0 Å². The molecule has 0 amide bonds. The van der Waals surface area contributed by atoms with Crippen molar-refractivity contribution >= 4 is 44.6 Å². The van der Waals surface area contributed by atoms with E-state index in [4.69, 9.17) is 34.8 Å². The summed E-state index contributed by atoms with van der Waals surface area (Å²) in [5, 5.41) is 1.24. The molecule has 0 atom stereocenters. The highest BCUT2D eigenvalue weighted by atomic mass is 35.5. The molecule has 1 rings (SSSR count). The van der Waals surface area contributed by atoms with Gasteiger partial charge in [-0.2, -0.15) is 0 Å². The summed E-state index contributed by atoms with van der Waals surface area (Å²) in [5.74, 6) is 0. The number of rotatable bonds is 2. The predicted molar refractivity (Wildman–Crippen MR) is 58.4 cm³/mol. The number of hydrogen-bond donors (Lipinski definition) is 0. The van der Waals surface area contributed by atoms with Crippen molar-refractivity contribution in [1.82, 2.24) is 0 Å². The summed E-state index contributed by atoms with van der Waals surface area (Å²) < 4.78 is 22.6. The zero-order valence-electron chi connectivity index (χ0n) is 6.75. The highest BCUT2D eigenvalue weighted by molar-refractivity contribution is 7.94. The predicted octanol–water partition coefficient (Wildman–Crippen LogP) is 3.39. The number of sulfone groups is 1. The first-order valence-electron chi connectivity index (χ1n) is 3.45. The maximum Gasteiger partial charge on any atom is 0.202 e. The van der Waals surface area contributed by atoms with Crippen LogP contribution in [-0.2, 0) is 9.84 Å². The van der Waals surface area contributed by atoms with Crippen LogP contribution in [0, 0.1) is 0 Å². The van der Waals surface area contributed by atoms with Gasteiger partial charge >= 0.3 is 0 Å². The summed E-state index contributed by atoms with van der Waals surface area (Å²) in [6.07, 6.45) is 0. The van der Waals surface area contributed by atoms with E-state index in [1.54, 1.807) is 0 Å². The Balaban J connectivity index is 3.18. The van der Waals surface area contributed by atoms with E-state index < -0.39 is 9.84 Å². The molecule has 0 radical (unpaired) electrons. The van der Waals surface area contributed by atoms with Crippen molar-refractivity contribution in [2.24, 2.45) is 0 Å². The fourth-order valence-corrected chi connectivity index (χ4v) is 2.53. The Hall–Kier alpha value is -0.220. The highest BCUT2D eigenvalue weighted by Gasteiger charge is 2.11. The molecule has 0 bridgehead atoms. The molecule has 6 heteroatoms. The van der Waals surface area contributed by atoms with Gasteiger partial charge in [0.25, 0.3) is 0 Å². The van der Waals surface area contributed by atoms with Crippen LogP contribution >= 0.6 is 34.8 Å². The van der Waals surface area contributed by atoms with Crippen molar-refractivity contribution in [3.05, 3.63) is 39.2 Å². The summed E-state index contributed by atoms with van der Waals surface area (Å²) in [6.45, 7) is 0. The lowest BCUT2D eigenvalue weighted by Crippen LogP contribution is -1.95. The normalized spacial score (nSPS) is 11.1. The van der Waals surface area contributed by atoms with Crippen LogP contribution < -0.4 is 0 Å². The molecule has 14 heavy (non-hydrogen) atoms. The maximum atomic E-state index is 11.5. The molecule has 76 valence electrons. The molecule has 0 N–H and O–H groups in total. The fourth-order valence-electron chi connectivity index (χ4n) is 0.810. The van der Waals surface area contributed by atoms with E-state index >= 15 is 0 Å². The smallest absolute Gasteiger partial charge is 0.202 e. The third-order valence-electron chi connectivity index (χ3n) is 1.39. The van der Waals surface area contributed by atoms with Gasteiger partial charge in [0, 0.05) is 5.02 Å². The van der Waals surface area contributed by atoms with E-state index in [9.17, 15) is 8.42 Å². The van der Waals surface area contributed by atoms with E-state index in [-0.39, 0.29) is 9.39 Å². The zero-order valence-corrected chi connectivity index (χ0v) is 9.83. The van der Waals surface area contributed by atoms with Crippen LogP contribution in [0.15, 0.2) is 39.1 Å². The molecular formula is C8H5Cl3O2S. The van der Waals surface area contributed by atoms with Crippen molar-refractivity contribution in [2.45, 2.75) is 4.90 Å². The molecule has 0 saturated heterocycles. The molecule has 0 fully saturated rings. The van der Waals surface area contributed by atoms with Crippen LogP contribution in [0.3, 0.4) is 0 Å². The van der Waals surface area contributed by atoms with Gasteiger partial charge < -0.3 is 0 Å². The van der Waals surface area contributed by atoms with Gasteiger partial charge in [-0.1, -0.05) is 34.8 Å². The molecule has 1 aromatic carbocycles. The molecule has 0 aliphatic rings. The first kappa shape index (κ1) is 11.9. The van der Waals surface area contributed by atoms with Crippen LogP contribution in [-0.4, -0.2) is 8.42 Å². The summed E-state index contributed by atoms with van der Waals surface area (Å²) >= 11 is 16.1. The van der Waals surface area contributed by atoms with E-state index in [0.717, 1.165) is 5.41 Å². The largest absolute Gasteiger partial charge is 0.219 e. The third kappa shape index (κ3) is 3.17. The third-order valence-corrected chi connectivity index (χ3v) is 3.59. The lowest BCUT2D eigenvalue weighted by Gasteiger charge is -1.98.